The van der Waals surface area contributed by atoms with Gasteiger partial charge in [0.2, 0.25) is 0 Å². The van der Waals surface area contributed by atoms with E-state index in [4.69, 9.17) is 18.9 Å². The molecule has 0 aromatic rings. The molecule has 0 aliphatic heterocycles. The van der Waals surface area contributed by atoms with Crippen molar-refractivity contribution in [2.75, 3.05) is 47.5 Å². The molecule has 0 saturated heterocycles. The van der Waals surface area contributed by atoms with E-state index in [2.05, 4.69) is 74.6 Å². The van der Waals surface area contributed by atoms with E-state index in [9.17, 15) is 19.5 Å². The summed E-state index contributed by atoms with van der Waals surface area (Å²) in [4.78, 5) is 37.5. The van der Waals surface area contributed by atoms with E-state index in [1.807, 2.05) is 21.1 Å². The molecule has 0 radical (unpaired) electrons. The molecular formula is C76H139NO8. The van der Waals surface area contributed by atoms with Crippen LogP contribution in [0.1, 0.15) is 348 Å². The highest BCUT2D eigenvalue weighted by Gasteiger charge is 2.22. The Hall–Kier alpha value is -3.01. The third-order valence-corrected chi connectivity index (χ3v) is 16.3. The molecule has 0 aromatic heterocycles. The number of likely N-dealkylation sites (N-methyl/N-ethyl adjacent to an activating group) is 1. The Morgan fingerprint density at radius 2 is 0.671 bits per heavy atom. The van der Waals surface area contributed by atoms with Crippen LogP contribution in [-0.2, 0) is 33.3 Å². The molecule has 0 aliphatic carbocycles. The summed E-state index contributed by atoms with van der Waals surface area (Å²) in [6.07, 6.45) is 84.7. The number of aliphatic carboxylic acids is 1. The zero-order chi connectivity index (χ0) is 61.9. The average Bonchev–Trinajstić information content (AvgIpc) is 3.49. The summed E-state index contributed by atoms with van der Waals surface area (Å²) in [6.45, 7) is 4.70. The van der Waals surface area contributed by atoms with Gasteiger partial charge in [0.15, 0.2) is 12.4 Å². The largest absolute Gasteiger partial charge is 0.545 e. The third kappa shape index (κ3) is 68.3. The minimum Gasteiger partial charge on any atom is -0.545 e. The summed E-state index contributed by atoms with van der Waals surface area (Å²) in [5.41, 5.74) is 0. The van der Waals surface area contributed by atoms with Crippen molar-refractivity contribution in [3.8, 4) is 0 Å². The average molecular weight is 1190 g/mol. The van der Waals surface area contributed by atoms with Crippen LogP contribution in [0.25, 0.3) is 0 Å². The van der Waals surface area contributed by atoms with Gasteiger partial charge in [0.05, 0.1) is 40.3 Å². The van der Waals surface area contributed by atoms with Crippen LogP contribution < -0.4 is 5.11 Å². The minimum absolute atomic E-state index is 0.151. The predicted octanol–water partition coefficient (Wildman–Crippen LogP) is 21.4. The van der Waals surface area contributed by atoms with Crippen molar-refractivity contribution < 1.29 is 42.9 Å². The van der Waals surface area contributed by atoms with Gasteiger partial charge in [-0.3, -0.25) is 9.59 Å². The van der Waals surface area contributed by atoms with Gasteiger partial charge >= 0.3 is 11.9 Å². The van der Waals surface area contributed by atoms with Crippen molar-refractivity contribution in [2.24, 2.45) is 0 Å². The number of quaternary nitrogens is 1. The number of carboxylic acid groups (broad SMARTS) is 1. The molecule has 0 spiro atoms. The molecule has 0 fully saturated rings. The molecule has 0 aliphatic rings. The number of carboxylic acids is 1. The number of carbonyl (C=O) groups is 3. The van der Waals surface area contributed by atoms with E-state index in [1.165, 1.54) is 250 Å². The van der Waals surface area contributed by atoms with Gasteiger partial charge in [-0.25, -0.2) is 0 Å². The Morgan fingerprint density at radius 3 is 1.00 bits per heavy atom. The summed E-state index contributed by atoms with van der Waals surface area (Å²) in [7, 11) is 5.94. The van der Waals surface area contributed by atoms with E-state index >= 15 is 0 Å². The summed E-state index contributed by atoms with van der Waals surface area (Å²) < 4.78 is 22.8. The lowest BCUT2D eigenvalue weighted by Gasteiger charge is -2.26. The number of unbranched alkanes of at least 4 members (excludes halogenated alkanes) is 43. The zero-order valence-electron chi connectivity index (χ0n) is 56.7. The van der Waals surface area contributed by atoms with Crippen LogP contribution in [0.2, 0.25) is 0 Å². The van der Waals surface area contributed by atoms with Gasteiger partial charge in [0.1, 0.15) is 13.2 Å². The van der Waals surface area contributed by atoms with E-state index in [1.54, 1.807) is 0 Å². The molecular weight excluding hydrogens is 1050 g/mol. The molecule has 2 unspecified atom stereocenters. The Labute approximate surface area is 526 Å². The van der Waals surface area contributed by atoms with Crippen LogP contribution in [0.3, 0.4) is 0 Å². The van der Waals surface area contributed by atoms with Crippen molar-refractivity contribution in [3.63, 3.8) is 0 Å². The minimum atomic E-state index is -1.62. The van der Waals surface area contributed by atoms with Gasteiger partial charge < -0.3 is 33.3 Å². The molecule has 9 heteroatoms. The molecule has 0 amide bonds. The van der Waals surface area contributed by atoms with Crippen LogP contribution in [0.4, 0.5) is 0 Å². The smallest absolute Gasteiger partial charge is 0.306 e. The van der Waals surface area contributed by atoms with Gasteiger partial charge in [0.25, 0.3) is 0 Å². The van der Waals surface area contributed by atoms with Gasteiger partial charge in [-0.1, -0.05) is 338 Å². The molecule has 2 atom stereocenters. The first-order valence-corrected chi connectivity index (χ1v) is 36.4. The lowest BCUT2D eigenvalue weighted by atomic mass is 10.0. The standard InChI is InChI=1S/C76H139NO8/c1-6-8-10-12-14-16-18-20-22-24-26-27-28-29-30-31-32-33-34-35-36-37-38-39-40-41-42-43-44-45-46-47-49-51-53-55-57-59-61-63-65-67-74(79)85-72(71-84-76(75(80)81)82-69-68-77(3,4)5)70-83-73(78)66-64-62-60-58-56-54-52-50-48-25-23-21-19-17-15-13-11-9-7-2/h8,10,14,16,20,22,26-27,29-30,72,76H,6-7,9,11-13,15,17-19,21,23-25,28,31-71H2,1-5H3/b10-8-,16-14-,22-20-,27-26-,30-29-. The summed E-state index contributed by atoms with van der Waals surface area (Å²) in [5.74, 6) is -2.25. The third-order valence-electron chi connectivity index (χ3n) is 16.3. The first-order chi connectivity index (χ1) is 41.6. The molecule has 496 valence electrons. The Balaban J connectivity index is 3.94. The lowest BCUT2D eigenvalue weighted by molar-refractivity contribution is -0.870. The molecule has 0 aromatic carbocycles. The molecule has 9 nitrogen and oxygen atoms in total. The van der Waals surface area contributed by atoms with Crippen LogP contribution in [0.5, 0.6) is 0 Å². The van der Waals surface area contributed by atoms with Crippen molar-refractivity contribution in [2.45, 2.75) is 360 Å². The number of hydrogen-bond donors (Lipinski definition) is 0. The summed E-state index contributed by atoms with van der Waals surface area (Å²) >= 11 is 0. The van der Waals surface area contributed by atoms with Crippen LogP contribution >= 0.6 is 0 Å². The topological polar surface area (TPSA) is 111 Å². The predicted molar refractivity (Wildman–Crippen MR) is 362 cm³/mol. The van der Waals surface area contributed by atoms with Crippen molar-refractivity contribution in [3.05, 3.63) is 60.8 Å². The van der Waals surface area contributed by atoms with Gasteiger partial charge in [-0.15, -0.1) is 0 Å². The number of ether oxygens (including phenoxy) is 4. The number of esters is 2. The highest BCUT2D eigenvalue weighted by molar-refractivity contribution is 5.70. The van der Waals surface area contributed by atoms with Crippen LogP contribution in [0.15, 0.2) is 60.8 Å². The second-order valence-electron chi connectivity index (χ2n) is 25.9. The second-order valence-corrected chi connectivity index (χ2v) is 25.9. The fourth-order valence-corrected chi connectivity index (χ4v) is 10.7. The number of allylic oxidation sites excluding steroid dienone is 10. The monoisotopic (exact) mass is 1190 g/mol. The molecule has 0 saturated carbocycles. The lowest BCUT2D eigenvalue weighted by Crippen LogP contribution is -2.44. The molecule has 0 rings (SSSR count). The molecule has 0 N–H and O–H groups in total. The fourth-order valence-electron chi connectivity index (χ4n) is 10.7. The van der Waals surface area contributed by atoms with Crippen LogP contribution in [-0.4, -0.2) is 82.3 Å². The summed E-state index contributed by atoms with van der Waals surface area (Å²) in [6, 6.07) is 0. The second kappa shape index (κ2) is 66.9. The van der Waals surface area contributed by atoms with Crippen LogP contribution in [0, 0.1) is 0 Å². The molecule has 0 heterocycles. The molecule has 0 bridgehead atoms. The SMILES string of the molecule is CC/C=C\C/C=C\C/C=C\C/C=C\C/C=C\CCCCCCCCCCCCCCCCCCCCCCCCCCCC(=O)OC(COC(=O)CCCCCCCCCCCCCCCCCCCCC)COC(OCC[N+](C)(C)C)C(=O)[O-]. The van der Waals surface area contributed by atoms with Crippen molar-refractivity contribution in [1.29, 1.82) is 0 Å². The maximum Gasteiger partial charge on any atom is 0.306 e. The Bertz CT molecular complexity index is 1580. The summed E-state index contributed by atoms with van der Waals surface area (Å²) in [5, 5.41) is 11.8. The maximum atomic E-state index is 12.9. The van der Waals surface area contributed by atoms with E-state index in [-0.39, 0.29) is 32.2 Å². The normalized spacial score (nSPS) is 13.0. The number of hydrogen-bond acceptors (Lipinski definition) is 8. The van der Waals surface area contributed by atoms with E-state index in [0.717, 1.165) is 70.6 Å². The van der Waals surface area contributed by atoms with Gasteiger partial charge in [-0.2, -0.15) is 0 Å². The zero-order valence-corrected chi connectivity index (χ0v) is 56.7. The number of rotatable bonds is 68. The number of nitrogens with zero attached hydrogens (tertiary/aromatic N) is 1. The van der Waals surface area contributed by atoms with Crippen molar-refractivity contribution >= 4 is 17.9 Å². The quantitative estimate of drug-likeness (QED) is 0.0195. The maximum absolute atomic E-state index is 12.9. The fraction of sp³-hybridized carbons (Fsp3) is 0.829. The van der Waals surface area contributed by atoms with E-state index in [0.29, 0.717) is 17.4 Å². The highest BCUT2D eigenvalue weighted by atomic mass is 16.7. The first kappa shape index (κ1) is 82.0. The molecule has 85 heavy (non-hydrogen) atoms. The first-order valence-electron chi connectivity index (χ1n) is 36.4. The van der Waals surface area contributed by atoms with Gasteiger partial charge in [0, 0.05) is 12.8 Å². The van der Waals surface area contributed by atoms with E-state index < -0.39 is 24.3 Å². The number of carbonyl (C=O) groups excluding carboxylic acids is 3. The van der Waals surface area contributed by atoms with Crippen molar-refractivity contribution in [1.82, 2.24) is 0 Å². The van der Waals surface area contributed by atoms with Gasteiger partial charge in [-0.05, 0) is 57.8 Å². The Morgan fingerprint density at radius 1 is 0.365 bits per heavy atom. The highest BCUT2D eigenvalue weighted by Crippen LogP contribution is 2.19. The Kier molecular flexibility index (Phi) is 64.6.